The maximum atomic E-state index is 10.9. The SMILES string of the molecule is CCOc1cc(CC(=O)O)cc([C@H](N)C(=O)O)c1O. The fourth-order valence-corrected chi connectivity index (χ4v) is 1.60. The first kappa shape index (κ1) is 14.8. The van der Waals surface area contributed by atoms with Crippen molar-refractivity contribution in [2.75, 3.05) is 6.61 Å². The number of carboxylic acid groups (broad SMARTS) is 2. The highest BCUT2D eigenvalue weighted by atomic mass is 16.5. The molecule has 7 heteroatoms. The second kappa shape index (κ2) is 6.05. The van der Waals surface area contributed by atoms with Gasteiger partial charge in [-0.05, 0) is 24.6 Å². The number of hydrogen-bond acceptors (Lipinski definition) is 5. The maximum Gasteiger partial charge on any atom is 0.325 e. The van der Waals surface area contributed by atoms with Gasteiger partial charge in [0.15, 0.2) is 11.5 Å². The first-order valence-corrected chi connectivity index (χ1v) is 5.55. The van der Waals surface area contributed by atoms with Gasteiger partial charge in [-0.3, -0.25) is 9.59 Å². The van der Waals surface area contributed by atoms with Gasteiger partial charge in [0.05, 0.1) is 13.0 Å². The summed E-state index contributed by atoms with van der Waals surface area (Å²) in [6, 6.07) is 1.16. The van der Waals surface area contributed by atoms with Crippen LogP contribution in [0, 0.1) is 0 Å². The minimum absolute atomic E-state index is 0.0213. The summed E-state index contributed by atoms with van der Waals surface area (Å²) in [6.45, 7) is 1.92. The Morgan fingerprint density at radius 1 is 1.37 bits per heavy atom. The van der Waals surface area contributed by atoms with Crippen LogP contribution in [0.1, 0.15) is 24.1 Å². The second-order valence-electron chi connectivity index (χ2n) is 3.85. The molecule has 0 saturated carbocycles. The normalized spacial score (nSPS) is 11.9. The number of rotatable bonds is 6. The van der Waals surface area contributed by atoms with Crippen LogP contribution in [0.2, 0.25) is 0 Å². The number of carboxylic acids is 2. The molecule has 0 aliphatic heterocycles. The van der Waals surface area contributed by atoms with Gasteiger partial charge in [-0.25, -0.2) is 0 Å². The molecule has 0 radical (unpaired) electrons. The molecule has 0 saturated heterocycles. The van der Waals surface area contributed by atoms with Crippen molar-refractivity contribution >= 4 is 11.9 Å². The van der Waals surface area contributed by atoms with Crippen molar-refractivity contribution in [1.82, 2.24) is 0 Å². The Bertz CT molecular complexity index is 499. The summed E-state index contributed by atoms with van der Waals surface area (Å²) in [5.41, 5.74) is 5.67. The lowest BCUT2D eigenvalue weighted by Crippen LogP contribution is -2.21. The molecule has 0 heterocycles. The molecule has 1 aromatic carbocycles. The van der Waals surface area contributed by atoms with Gasteiger partial charge in [-0.15, -0.1) is 0 Å². The van der Waals surface area contributed by atoms with Crippen LogP contribution < -0.4 is 10.5 Å². The third kappa shape index (κ3) is 3.59. The monoisotopic (exact) mass is 269 g/mol. The summed E-state index contributed by atoms with van der Waals surface area (Å²) in [4.78, 5) is 21.5. The van der Waals surface area contributed by atoms with Crippen LogP contribution in [0.3, 0.4) is 0 Å². The van der Waals surface area contributed by atoms with Gasteiger partial charge in [0.2, 0.25) is 0 Å². The number of ether oxygens (including phenoxy) is 1. The van der Waals surface area contributed by atoms with Crippen LogP contribution in [-0.2, 0) is 16.0 Å². The number of hydrogen-bond donors (Lipinski definition) is 4. The lowest BCUT2D eigenvalue weighted by atomic mass is 10.0. The van der Waals surface area contributed by atoms with Crippen molar-refractivity contribution in [2.45, 2.75) is 19.4 Å². The molecule has 7 nitrogen and oxygen atoms in total. The van der Waals surface area contributed by atoms with E-state index in [2.05, 4.69) is 0 Å². The second-order valence-corrected chi connectivity index (χ2v) is 3.85. The Balaban J connectivity index is 3.30. The average Bonchev–Trinajstić information content (AvgIpc) is 2.31. The molecule has 1 aromatic rings. The van der Waals surface area contributed by atoms with Gasteiger partial charge in [0, 0.05) is 5.56 Å². The minimum atomic E-state index is -1.45. The predicted octanol–water partition coefficient (Wildman–Crippen LogP) is 0.502. The van der Waals surface area contributed by atoms with Gasteiger partial charge in [-0.1, -0.05) is 0 Å². The first-order chi connectivity index (χ1) is 8.86. The first-order valence-electron chi connectivity index (χ1n) is 5.55. The van der Waals surface area contributed by atoms with Gasteiger partial charge >= 0.3 is 11.9 Å². The van der Waals surface area contributed by atoms with Crippen molar-refractivity contribution in [3.63, 3.8) is 0 Å². The van der Waals surface area contributed by atoms with Gasteiger partial charge < -0.3 is 25.8 Å². The Morgan fingerprint density at radius 2 is 2.00 bits per heavy atom. The fraction of sp³-hybridized carbons (Fsp3) is 0.333. The third-order valence-electron chi connectivity index (χ3n) is 2.42. The number of phenolic OH excluding ortho intramolecular Hbond substituents is 1. The number of aromatic hydroxyl groups is 1. The Labute approximate surface area is 109 Å². The Kier molecular flexibility index (Phi) is 4.71. The van der Waals surface area contributed by atoms with E-state index in [0.717, 1.165) is 0 Å². The molecular formula is C12H15NO6. The molecule has 0 aliphatic carbocycles. The van der Waals surface area contributed by atoms with E-state index >= 15 is 0 Å². The maximum absolute atomic E-state index is 10.9. The van der Waals surface area contributed by atoms with Crippen LogP contribution in [-0.4, -0.2) is 33.9 Å². The molecule has 1 rings (SSSR count). The lowest BCUT2D eigenvalue weighted by Gasteiger charge is -2.15. The molecule has 0 fully saturated rings. The molecule has 0 bridgehead atoms. The quantitative estimate of drug-likeness (QED) is 0.591. The summed E-state index contributed by atoms with van der Waals surface area (Å²) in [6.07, 6.45) is -0.320. The molecule has 5 N–H and O–H groups in total. The molecule has 0 amide bonds. The van der Waals surface area contributed by atoms with E-state index in [9.17, 15) is 14.7 Å². The molecule has 19 heavy (non-hydrogen) atoms. The average molecular weight is 269 g/mol. The smallest absolute Gasteiger partial charge is 0.325 e. The van der Waals surface area contributed by atoms with Crippen molar-refractivity contribution in [1.29, 1.82) is 0 Å². The van der Waals surface area contributed by atoms with Gasteiger partial charge in [-0.2, -0.15) is 0 Å². The van der Waals surface area contributed by atoms with Gasteiger partial charge in [0.1, 0.15) is 6.04 Å². The highest BCUT2D eigenvalue weighted by Gasteiger charge is 2.22. The molecule has 0 aliphatic rings. The standard InChI is InChI=1S/C12H15NO6/c1-2-19-8-4-6(5-9(14)15)3-7(11(8)16)10(13)12(17)18/h3-4,10,16H,2,5,13H2,1H3,(H,14,15)(H,17,18)/t10-/m0/s1. The zero-order chi connectivity index (χ0) is 14.6. The zero-order valence-corrected chi connectivity index (χ0v) is 10.3. The van der Waals surface area contributed by atoms with Crippen LogP contribution in [0.15, 0.2) is 12.1 Å². The number of carbonyl (C=O) groups is 2. The molecule has 104 valence electrons. The minimum Gasteiger partial charge on any atom is -0.504 e. The van der Waals surface area contributed by atoms with Crippen molar-refractivity contribution in [2.24, 2.45) is 5.73 Å². The van der Waals surface area contributed by atoms with Gasteiger partial charge in [0.25, 0.3) is 0 Å². The highest BCUT2D eigenvalue weighted by molar-refractivity contribution is 5.78. The summed E-state index contributed by atoms with van der Waals surface area (Å²) in [5, 5.41) is 27.5. The highest BCUT2D eigenvalue weighted by Crippen LogP contribution is 2.35. The van der Waals surface area contributed by atoms with Crippen molar-refractivity contribution < 1.29 is 29.6 Å². The molecule has 0 unspecified atom stereocenters. The van der Waals surface area contributed by atoms with E-state index in [1.807, 2.05) is 0 Å². The summed E-state index contributed by atoms with van der Waals surface area (Å²) < 4.78 is 5.14. The predicted molar refractivity (Wildman–Crippen MR) is 65.2 cm³/mol. The molecule has 0 aromatic heterocycles. The third-order valence-corrected chi connectivity index (χ3v) is 2.42. The fourth-order valence-electron chi connectivity index (χ4n) is 1.60. The largest absolute Gasteiger partial charge is 0.504 e. The zero-order valence-electron chi connectivity index (χ0n) is 10.3. The number of aliphatic carboxylic acids is 2. The van der Waals surface area contributed by atoms with E-state index in [1.165, 1.54) is 12.1 Å². The van der Waals surface area contributed by atoms with Crippen LogP contribution in [0.4, 0.5) is 0 Å². The van der Waals surface area contributed by atoms with E-state index in [0.29, 0.717) is 5.56 Å². The lowest BCUT2D eigenvalue weighted by molar-refractivity contribution is -0.139. The van der Waals surface area contributed by atoms with Crippen LogP contribution >= 0.6 is 0 Å². The Morgan fingerprint density at radius 3 is 2.47 bits per heavy atom. The van der Waals surface area contributed by atoms with E-state index < -0.39 is 18.0 Å². The van der Waals surface area contributed by atoms with E-state index in [4.69, 9.17) is 20.7 Å². The Hall–Kier alpha value is -2.28. The topological polar surface area (TPSA) is 130 Å². The number of nitrogens with two attached hydrogens (primary N) is 1. The summed E-state index contributed by atoms with van der Waals surface area (Å²) in [5.74, 6) is -2.77. The van der Waals surface area contributed by atoms with E-state index in [-0.39, 0.29) is 30.1 Å². The van der Waals surface area contributed by atoms with Crippen LogP contribution in [0.5, 0.6) is 11.5 Å². The number of phenols is 1. The summed E-state index contributed by atoms with van der Waals surface area (Å²) >= 11 is 0. The number of benzene rings is 1. The summed E-state index contributed by atoms with van der Waals surface area (Å²) in [7, 11) is 0. The van der Waals surface area contributed by atoms with Crippen LogP contribution in [0.25, 0.3) is 0 Å². The van der Waals surface area contributed by atoms with E-state index in [1.54, 1.807) is 6.92 Å². The van der Waals surface area contributed by atoms with Crippen molar-refractivity contribution in [3.05, 3.63) is 23.3 Å². The molecule has 1 atom stereocenters. The van der Waals surface area contributed by atoms with Crippen molar-refractivity contribution in [3.8, 4) is 11.5 Å². The molecule has 0 spiro atoms. The molecular weight excluding hydrogens is 254 g/mol.